The molecule has 4 rings (SSSR count). The first-order valence-electron chi connectivity index (χ1n) is 11.0. The first-order chi connectivity index (χ1) is 15.0. The van der Waals surface area contributed by atoms with E-state index in [2.05, 4.69) is 26.6 Å². The molecule has 0 radical (unpaired) electrons. The molecule has 0 spiro atoms. The van der Waals surface area contributed by atoms with Gasteiger partial charge in [-0.25, -0.2) is 0 Å². The number of ether oxygens (including phenoxy) is 1. The van der Waals surface area contributed by atoms with Crippen LogP contribution in [0.15, 0.2) is 29.4 Å². The van der Waals surface area contributed by atoms with Crippen molar-refractivity contribution in [3.05, 3.63) is 29.3 Å². The fraction of sp³-hybridized carbons (Fsp3) is 0.591. The normalized spacial score (nSPS) is 20.9. The van der Waals surface area contributed by atoms with Crippen molar-refractivity contribution >= 4 is 29.3 Å². The van der Waals surface area contributed by atoms with Crippen LogP contribution in [0.4, 0.5) is 0 Å². The van der Waals surface area contributed by atoms with Crippen LogP contribution in [0.25, 0.3) is 11.4 Å². The Bertz CT molecular complexity index is 877. The summed E-state index contributed by atoms with van der Waals surface area (Å²) in [6, 6.07) is 7.62. The van der Waals surface area contributed by atoms with Gasteiger partial charge in [0, 0.05) is 43.4 Å². The quantitative estimate of drug-likeness (QED) is 0.586. The van der Waals surface area contributed by atoms with Gasteiger partial charge in [-0.15, -0.1) is 10.2 Å². The average Bonchev–Trinajstić information content (AvgIpc) is 3.45. The highest BCUT2D eigenvalue weighted by atomic mass is 35.5. The number of carbonyl (C=O) groups excluding carboxylic acids is 1. The van der Waals surface area contributed by atoms with Gasteiger partial charge >= 0.3 is 0 Å². The molecule has 168 valence electrons. The lowest BCUT2D eigenvalue weighted by molar-refractivity contribution is -0.132. The van der Waals surface area contributed by atoms with E-state index in [1.165, 1.54) is 11.8 Å². The summed E-state index contributed by atoms with van der Waals surface area (Å²) >= 11 is 7.55. The zero-order valence-corrected chi connectivity index (χ0v) is 19.7. The van der Waals surface area contributed by atoms with Crippen LogP contribution < -0.4 is 0 Å². The first kappa shape index (κ1) is 22.6. The molecule has 2 aromatic rings. The predicted octanol–water partition coefficient (Wildman–Crippen LogP) is 3.42. The molecule has 2 saturated heterocycles. The lowest BCUT2D eigenvalue weighted by Gasteiger charge is -2.35. The van der Waals surface area contributed by atoms with Crippen LogP contribution >= 0.6 is 23.4 Å². The molecular weight excluding hydrogens is 434 g/mol. The van der Waals surface area contributed by atoms with E-state index < -0.39 is 0 Å². The van der Waals surface area contributed by atoms with E-state index in [0.717, 1.165) is 68.7 Å². The van der Waals surface area contributed by atoms with Gasteiger partial charge in [-0.2, -0.15) is 0 Å². The molecule has 2 fully saturated rings. The monoisotopic (exact) mass is 463 g/mol. The topological polar surface area (TPSA) is 63.5 Å². The first-order valence-corrected chi connectivity index (χ1v) is 12.3. The second kappa shape index (κ2) is 10.3. The Balaban J connectivity index is 1.51. The van der Waals surface area contributed by atoms with Crippen molar-refractivity contribution in [2.75, 3.05) is 39.3 Å². The average molecular weight is 464 g/mol. The summed E-state index contributed by atoms with van der Waals surface area (Å²) in [6.45, 7) is 10.1. The number of aromatic nitrogens is 3. The third kappa shape index (κ3) is 5.42. The van der Waals surface area contributed by atoms with Gasteiger partial charge in [0.05, 0.1) is 17.9 Å². The number of carbonyl (C=O) groups is 1. The number of thioether (sulfide) groups is 1. The van der Waals surface area contributed by atoms with Crippen molar-refractivity contribution in [3.63, 3.8) is 0 Å². The maximum atomic E-state index is 13.1. The molecule has 0 aliphatic carbocycles. The molecule has 3 heterocycles. The Morgan fingerprint density at radius 1 is 1.23 bits per heavy atom. The highest BCUT2D eigenvalue weighted by molar-refractivity contribution is 8.00. The van der Waals surface area contributed by atoms with Crippen LogP contribution in [0.1, 0.15) is 26.7 Å². The SMILES string of the molecule is CCN1CCN(C(=O)[C@H](C)Sc2nnc(-c3ccc(Cl)cc3)n2C[C@H]2CCCO2)CC1. The maximum absolute atomic E-state index is 13.1. The van der Waals surface area contributed by atoms with Crippen molar-refractivity contribution in [2.45, 2.75) is 49.7 Å². The smallest absolute Gasteiger partial charge is 0.235 e. The lowest BCUT2D eigenvalue weighted by atomic mass is 10.2. The molecule has 0 bridgehead atoms. The largest absolute Gasteiger partial charge is 0.376 e. The van der Waals surface area contributed by atoms with Crippen molar-refractivity contribution in [2.24, 2.45) is 0 Å². The second-order valence-corrected chi connectivity index (χ2v) is 9.82. The fourth-order valence-corrected chi connectivity index (χ4v) is 5.16. The zero-order chi connectivity index (χ0) is 21.8. The number of halogens is 1. The minimum atomic E-state index is -0.223. The molecule has 9 heteroatoms. The molecule has 0 N–H and O–H groups in total. The van der Waals surface area contributed by atoms with Gasteiger partial charge in [0.15, 0.2) is 11.0 Å². The van der Waals surface area contributed by atoms with E-state index in [4.69, 9.17) is 16.3 Å². The number of piperazine rings is 1. The fourth-order valence-electron chi connectivity index (χ4n) is 4.10. The third-order valence-corrected chi connectivity index (χ3v) is 7.31. The van der Waals surface area contributed by atoms with Crippen LogP contribution in [-0.4, -0.2) is 81.2 Å². The Labute approximate surface area is 193 Å². The van der Waals surface area contributed by atoms with Crippen molar-refractivity contribution < 1.29 is 9.53 Å². The van der Waals surface area contributed by atoms with Gasteiger partial charge < -0.3 is 14.5 Å². The van der Waals surface area contributed by atoms with E-state index >= 15 is 0 Å². The van der Waals surface area contributed by atoms with Crippen LogP contribution in [0, 0.1) is 0 Å². The summed E-state index contributed by atoms with van der Waals surface area (Å²) in [6.07, 6.45) is 2.25. The molecule has 2 aliphatic heterocycles. The van der Waals surface area contributed by atoms with Crippen molar-refractivity contribution in [3.8, 4) is 11.4 Å². The molecular formula is C22H30ClN5O2S. The van der Waals surface area contributed by atoms with Crippen molar-refractivity contribution in [1.29, 1.82) is 0 Å². The number of benzene rings is 1. The summed E-state index contributed by atoms with van der Waals surface area (Å²) in [5.41, 5.74) is 0.955. The van der Waals surface area contributed by atoms with Gasteiger partial charge in [-0.1, -0.05) is 30.3 Å². The molecule has 2 aliphatic rings. The molecule has 1 aromatic carbocycles. The minimum Gasteiger partial charge on any atom is -0.376 e. The van der Waals surface area contributed by atoms with E-state index in [1.807, 2.05) is 36.1 Å². The Morgan fingerprint density at radius 3 is 2.61 bits per heavy atom. The Hall–Kier alpha value is -1.61. The number of hydrogen-bond donors (Lipinski definition) is 0. The summed E-state index contributed by atoms with van der Waals surface area (Å²) < 4.78 is 7.97. The molecule has 7 nitrogen and oxygen atoms in total. The van der Waals surface area contributed by atoms with E-state index in [1.54, 1.807) is 0 Å². The number of rotatable bonds is 7. The minimum absolute atomic E-state index is 0.148. The van der Waals surface area contributed by atoms with Gasteiger partial charge in [-0.05, 0) is 50.6 Å². The highest BCUT2D eigenvalue weighted by Crippen LogP contribution is 2.30. The number of likely N-dealkylation sites (N-methyl/N-ethyl adjacent to an activating group) is 1. The van der Waals surface area contributed by atoms with Crippen LogP contribution in [-0.2, 0) is 16.1 Å². The second-order valence-electron chi connectivity index (χ2n) is 8.08. The Morgan fingerprint density at radius 2 is 1.97 bits per heavy atom. The molecule has 0 unspecified atom stereocenters. The summed E-state index contributed by atoms with van der Waals surface area (Å²) in [7, 11) is 0. The van der Waals surface area contributed by atoms with Gasteiger partial charge in [0.1, 0.15) is 0 Å². The predicted molar refractivity (Wildman–Crippen MR) is 123 cm³/mol. The van der Waals surface area contributed by atoms with Crippen molar-refractivity contribution in [1.82, 2.24) is 24.6 Å². The third-order valence-electron chi connectivity index (χ3n) is 5.99. The Kier molecular flexibility index (Phi) is 7.53. The van der Waals surface area contributed by atoms with E-state index in [9.17, 15) is 4.79 Å². The number of hydrogen-bond acceptors (Lipinski definition) is 6. The maximum Gasteiger partial charge on any atom is 0.235 e. The molecule has 1 aromatic heterocycles. The van der Waals surface area contributed by atoms with Gasteiger partial charge in [0.25, 0.3) is 0 Å². The van der Waals surface area contributed by atoms with Crippen LogP contribution in [0.2, 0.25) is 5.02 Å². The highest BCUT2D eigenvalue weighted by Gasteiger charge is 2.28. The van der Waals surface area contributed by atoms with Crippen LogP contribution in [0.3, 0.4) is 0 Å². The van der Waals surface area contributed by atoms with Gasteiger partial charge in [0.2, 0.25) is 5.91 Å². The summed E-state index contributed by atoms with van der Waals surface area (Å²) in [5.74, 6) is 0.950. The molecule has 31 heavy (non-hydrogen) atoms. The van der Waals surface area contributed by atoms with E-state index in [-0.39, 0.29) is 17.3 Å². The van der Waals surface area contributed by atoms with Crippen LogP contribution in [0.5, 0.6) is 0 Å². The molecule has 1 amide bonds. The standard InChI is InChI=1S/C22H30ClN5O2S/c1-3-26-10-12-27(13-11-26)21(29)16(2)31-22-25-24-20(17-6-8-18(23)9-7-17)28(22)15-19-5-4-14-30-19/h6-9,16,19H,3-5,10-15H2,1-2H3/t16-,19+/m0/s1. The number of amides is 1. The summed E-state index contributed by atoms with van der Waals surface area (Å²) in [4.78, 5) is 17.4. The number of nitrogens with zero attached hydrogens (tertiary/aromatic N) is 5. The molecule has 0 saturated carbocycles. The van der Waals surface area contributed by atoms with Gasteiger partial charge in [-0.3, -0.25) is 9.36 Å². The zero-order valence-electron chi connectivity index (χ0n) is 18.2. The lowest BCUT2D eigenvalue weighted by Crippen LogP contribution is -2.50. The molecule has 2 atom stereocenters. The van der Waals surface area contributed by atoms with E-state index in [0.29, 0.717) is 11.6 Å². The summed E-state index contributed by atoms with van der Waals surface area (Å²) in [5, 5.41) is 10.1.